The lowest BCUT2D eigenvalue weighted by Gasteiger charge is -2.14. The van der Waals surface area contributed by atoms with E-state index in [0.717, 1.165) is 41.0 Å². The number of hydrogen-bond acceptors (Lipinski definition) is 7. The van der Waals surface area contributed by atoms with Gasteiger partial charge in [0, 0.05) is 17.8 Å². The first kappa shape index (κ1) is 23.1. The van der Waals surface area contributed by atoms with Crippen LogP contribution < -0.4 is 10.6 Å². The summed E-state index contributed by atoms with van der Waals surface area (Å²) in [5.74, 6) is -1.66. The predicted octanol–water partition coefficient (Wildman–Crippen LogP) is 3.30. The van der Waals surface area contributed by atoms with Crippen molar-refractivity contribution >= 4 is 57.4 Å². The van der Waals surface area contributed by atoms with Crippen molar-refractivity contribution in [3.63, 3.8) is 0 Å². The highest BCUT2D eigenvalue weighted by Crippen LogP contribution is 2.38. The lowest BCUT2D eigenvalue weighted by atomic mass is 9.95. The van der Waals surface area contributed by atoms with Crippen LogP contribution in [0.4, 0.5) is 5.00 Å². The Morgan fingerprint density at radius 1 is 1.12 bits per heavy atom. The topological polar surface area (TPSA) is 105 Å². The minimum Gasteiger partial charge on any atom is -0.462 e. The molecule has 0 saturated carbocycles. The van der Waals surface area contributed by atoms with E-state index in [9.17, 15) is 19.2 Å². The standard InChI is InChI=1S/C23H23N3O5S2/c1-2-31-22(30)18-15-9-5-6-10-16(15)33-19(18)25-23(32)24-17(27)11-12-26-20(28)13-7-3-4-8-14(13)21(26)29/h3-4,7-8H,2,5-6,9-12H2,1H3,(H2,24,25,27,32). The minimum atomic E-state index is -0.442. The zero-order chi connectivity index (χ0) is 23.5. The SMILES string of the molecule is CCOC(=O)c1c(NC(=S)NC(=O)CCN2C(=O)c3ccccc3C2=O)sc2c1CCCC2. The second-order valence-electron chi connectivity index (χ2n) is 7.70. The quantitative estimate of drug-likeness (QED) is 0.367. The maximum absolute atomic E-state index is 12.6. The van der Waals surface area contributed by atoms with E-state index in [-0.39, 0.29) is 24.7 Å². The molecule has 10 heteroatoms. The first-order chi connectivity index (χ1) is 15.9. The molecule has 4 rings (SSSR count). The van der Waals surface area contributed by atoms with Crippen LogP contribution >= 0.6 is 23.6 Å². The van der Waals surface area contributed by atoms with Crippen LogP contribution in [0.2, 0.25) is 0 Å². The zero-order valence-electron chi connectivity index (χ0n) is 18.1. The number of nitrogens with one attached hydrogen (secondary N) is 2. The number of thiophene rings is 1. The number of thiocarbonyl (C=S) groups is 1. The number of anilines is 1. The molecule has 8 nitrogen and oxygen atoms in total. The van der Waals surface area contributed by atoms with E-state index in [1.54, 1.807) is 31.2 Å². The number of esters is 1. The molecule has 0 fully saturated rings. The van der Waals surface area contributed by atoms with Gasteiger partial charge in [0.1, 0.15) is 5.00 Å². The number of fused-ring (bicyclic) bond motifs is 2. The van der Waals surface area contributed by atoms with E-state index in [0.29, 0.717) is 21.7 Å². The van der Waals surface area contributed by atoms with Crippen LogP contribution in [-0.4, -0.2) is 46.9 Å². The second kappa shape index (κ2) is 9.80. The summed E-state index contributed by atoms with van der Waals surface area (Å²) in [6.45, 7) is 1.97. The Morgan fingerprint density at radius 3 is 2.45 bits per heavy atom. The van der Waals surface area contributed by atoms with Crippen LogP contribution in [0.25, 0.3) is 0 Å². The first-order valence-corrected chi connectivity index (χ1v) is 12.0. The van der Waals surface area contributed by atoms with Crippen LogP contribution in [0.15, 0.2) is 24.3 Å². The highest BCUT2D eigenvalue weighted by atomic mass is 32.1. The third kappa shape index (κ3) is 4.67. The molecule has 2 aromatic rings. The molecule has 2 aliphatic rings. The van der Waals surface area contributed by atoms with E-state index in [2.05, 4.69) is 10.6 Å². The van der Waals surface area contributed by atoms with Gasteiger partial charge in [-0.3, -0.25) is 19.3 Å². The Kier molecular flexibility index (Phi) is 6.85. The number of nitrogens with zero attached hydrogens (tertiary/aromatic N) is 1. The first-order valence-electron chi connectivity index (χ1n) is 10.8. The molecule has 172 valence electrons. The largest absolute Gasteiger partial charge is 0.462 e. The summed E-state index contributed by atoms with van der Waals surface area (Å²) >= 11 is 6.73. The molecule has 2 N–H and O–H groups in total. The maximum atomic E-state index is 12.6. The Morgan fingerprint density at radius 2 is 1.79 bits per heavy atom. The van der Waals surface area contributed by atoms with Gasteiger partial charge in [-0.05, 0) is 62.5 Å². The molecule has 3 amide bonds. The summed E-state index contributed by atoms with van der Waals surface area (Å²) in [6, 6.07) is 6.57. The highest BCUT2D eigenvalue weighted by molar-refractivity contribution is 7.80. The predicted molar refractivity (Wildman–Crippen MR) is 128 cm³/mol. The molecule has 1 aromatic carbocycles. The van der Waals surface area contributed by atoms with E-state index in [1.165, 1.54) is 11.3 Å². The monoisotopic (exact) mass is 485 g/mol. The van der Waals surface area contributed by atoms with Crippen molar-refractivity contribution < 1.29 is 23.9 Å². The number of imide groups is 1. The van der Waals surface area contributed by atoms with Gasteiger partial charge in [-0.25, -0.2) is 4.79 Å². The molecule has 0 saturated heterocycles. The van der Waals surface area contributed by atoms with Gasteiger partial charge < -0.3 is 15.4 Å². The molecular weight excluding hydrogens is 462 g/mol. The number of ether oxygens (including phenoxy) is 1. The molecule has 0 atom stereocenters. The molecule has 0 radical (unpaired) electrons. The average molecular weight is 486 g/mol. The van der Waals surface area contributed by atoms with E-state index in [4.69, 9.17) is 17.0 Å². The van der Waals surface area contributed by atoms with Gasteiger partial charge in [-0.15, -0.1) is 11.3 Å². The normalized spacial score (nSPS) is 14.5. The summed E-state index contributed by atoms with van der Waals surface area (Å²) in [4.78, 5) is 52.0. The van der Waals surface area contributed by atoms with Gasteiger partial charge in [0.05, 0.1) is 23.3 Å². The van der Waals surface area contributed by atoms with E-state index < -0.39 is 23.7 Å². The van der Waals surface area contributed by atoms with Crippen LogP contribution in [0.3, 0.4) is 0 Å². The number of aryl methyl sites for hydroxylation is 1. The van der Waals surface area contributed by atoms with E-state index >= 15 is 0 Å². The Bertz CT molecular complexity index is 1120. The summed E-state index contributed by atoms with van der Waals surface area (Å²) < 4.78 is 5.23. The number of benzene rings is 1. The molecule has 0 spiro atoms. The smallest absolute Gasteiger partial charge is 0.341 e. The number of carbonyl (C=O) groups is 4. The molecule has 1 aromatic heterocycles. The lowest BCUT2D eigenvalue weighted by molar-refractivity contribution is -0.119. The fourth-order valence-electron chi connectivity index (χ4n) is 4.05. The summed E-state index contributed by atoms with van der Waals surface area (Å²) in [5.41, 5.74) is 2.16. The molecule has 2 heterocycles. The van der Waals surface area contributed by atoms with Gasteiger partial charge in [-0.2, -0.15) is 0 Å². The molecule has 0 bridgehead atoms. The summed E-state index contributed by atoms with van der Waals surface area (Å²) in [6.07, 6.45) is 3.68. The van der Waals surface area contributed by atoms with Gasteiger partial charge in [0.25, 0.3) is 11.8 Å². The average Bonchev–Trinajstić information content (AvgIpc) is 3.27. The molecule has 0 unspecified atom stereocenters. The van der Waals surface area contributed by atoms with Gasteiger partial charge in [0.2, 0.25) is 5.91 Å². The van der Waals surface area contributed by atoms with E-state index in [1.807, 2.05) is 0 Å². The summed E-state index contributed by atoms with van der Waals surface area (Å²) in [5, 5.41) is 6.14. The Balaban J connectivity index is 1.37. The Labute approximate surface area is 200 Å². The van der Waals surface area contributed by atoms with Crippen molar-refractivity contribution in [2.24, 2.45) is 0 Å². The molecule has 33 heavy (non-hydrogen) atoms. The van der Waals surface area contributed by atoms with Crippen LogP contribution in [0, 0.1) is 0 Å². The van der Waals surface area contributed by atoms with Crippen LogP contribution in [-0.2, 0) is 22.4 Å². The number of amides is 3. The van der Waals surface area contributed by atoms with Crippen molar-refractivity contribution in [2.75, 3.05) is 18.5 Å². The molecule has 1 aliphatic heterocycles. The van der Waals surface area contributed by atoms with Gasteiger partial charge >= 0.3 is 5.97 Å². The fraction of sp³-hybridized carbons (Fsp3) is 0.348. The van der Waals surface area contributed by atoms with Crippen molar-refractivity contribution in [1.29, 1.82) is 0 Å². The van der Waals surface area contributed by atoms with Crippen LogP contribution in [0.5, 0.6) is 0 Å². The van der Waals surface area contributed by atoms with Crippen molar-refractivity contribution in [3.05, 3.63) is 51.4 Å². The van der Waals surface area contributed by atoms with Gasteiger partial charge in [0.15, 0.2) is 5.11 Å². The van der Waals surface area contributed by atoms with Gasteiger partial charge in [-0.1, -0.05) is 12.1 Å². The summed E-state index contributed by atoms with van der Waals surface area (Å²) in [7, 11) is 0. The third-order valence-electron chi connectivity index (χ3n) is 5.57. The fourth-order valence-corrected chi connectivity index (χ4v) is 5.61. The van der Waals surface area contributed by atoms with Crippen LogP contribution in [0.1, 0.15) is 67.7 Å². The number of carbonyl (C=O) groups excluding carboxylic acids is 4. The Hall–Kier alpha value is -3.11. The van der Waals surface area contributed by atoms with Crippen molar-refractivity contribution in [2.45, 2.75) is 39.0 Å². The zero-order valence-corrected chi connectivity index (χ0v) is 19.7. The van der Waals surface area contributed by atoms with Crippen molar-refractivity contribution in [1.82, 2.24) is 10.2 Å². The molecule has 1 aliphatic carbocycles. The number of hydrogen-bond donors (Lipinski definition) is 2. The maximum Gasteiger partial charge on any atom is 0.341 e. The highest BCUT2D eigenvalue weighted by Gasteiger charge is 2.35. The lowest BCUT2D eigenvalue weighted by Crippen LogP contribution is -2.38. The number of rotatable bonds is 6. The minimum absolute atomic E-state index is 0.0477. The third-order valence-corrected chi connectivity index (χ3v) is 6.98. The molecular formula is C23H23N3O5S2. The van der Waals surface area contributed by atoms with Crippen molar-refractivity contribution in [3.8, 4) is 0 Å². The second-order valence-corrected chi connectivity index (χ2v) is 9.21.